The summed E-state index contributed by atoms with van der Waals surface area (Å²) in [6.07, 6.45) is 15.4. The number of nitrogens with one attached hydrogen (secondary N) is 1. The van der Waals surface area contributed by atoms with Crippen molar-refractivity contribution in [2.24, 2.45) is 0 Å². The van der Waals surface area contributed by atoms with Crippen molar-refractivity contribution in [3.8, 4) is 11.1 Å². The molecule has 0 fully saturated rings. The first-order chi connectivity index (χ1) is 21.2. The van der Waals surface area contributed by atoms with Gasteiger partial charge in [-0.25, -0.2) is 0 Å². The SMILES string of the molecule is CCCCCCCCCCCCCCCC(=O)OC(C(=O)Nc1cc(C)c2cc(C(C)C)ccc(C)c1-2)c1ccc(Cl)cc1. The standard InChI is InChI=1S/C39H54ClNO3/c1-6-7-8-9-10-11-12-13-14-15-16-17-18-19-36(42)44-38(31-22-24-33(40)25-23-31)39(43)41-35-26-30(5)34-27-32(28(2)3)21-20-29(4)37(34)35/h20-28,38H,6-19H2,1-5H3,(H,41,43). The van der Waals surface area contributed by atoms with Crippen molar-refractivity contribution < 1.29 is 14.3 Å². The molecule has 4 nitrogen and oxygen atoms in total. The minimum absolute atomic E-state index is 0.306. The van der Waals surface area contributed by atoms with E-state index in [1.807, 2.05) is 6.07 Å². The summed E-state index contributed by atoms with van der Waals surface area (Å²) < 4.78 is 5.84. The van der Waals surface area contributed by atoms with Crippen LogP contribution in [0.5, 0.6) is 0 Å². The molecule has 1 atom stereocenters. The van der Waals surface area contributed by atoms with Gasteiger partial charge in [0.2, 0.25) is 6.10 Å². The lowest BCUT2D eigenvalue weighted by molar-refractivity contribution is -0.154. The summed E-state index contributed by atoms with van der Waals surface area (Å²) in [5, 5.41) is 3.66. The molecule has 3 rings (SSSR count). The van der Waals surface area contributed by atoms with Crippen molar-refractivity contribution in [1.82, 2.24) is 0 Å². The molecule has 240 valence electrons. The molecule has 0 saturated carbocycles. The number of esters is 1. The van der Waals surface area contributed by atoms with Crippen LogP contribution in [-0.2, 0) is 14.3 Å². The predicted molar refractivity (Wildman–Crippen MR) is 186 cm³/mol. The van der Waals surface area contributed by atoms with Crippen LogP contribution in [0, 0.1) is 13.8 Å². The number of ether oxygens (including phenoxy) is 1. The second-order valence-corrected chi connectivity index (χ2v) is 13.2. The minimum atomic E-state index is -1.06. The zero-order chi connectivity index (χ0) is 31.9. The van der Waals surface area contributed by atoms with E-state index in [0.717, 1.165) is 47.2 Å². The summed E-state index contributed by atoms with van der Waals surface area (Å²) in [7, 11) is 0. The van der Waals surface area contributed by atoms with Gasteiger partial charge in [-0.15, -0.1) is 0 Å². The van der Waals surface area contributed by atoms with Gasteiger partial charge in [-0.05, 0) is 66.6 Å². The van der Waals surface area contributed by atoms with Crippen molar-refractivity contribution in [3.05, 3.63) is 75.8 Å². The Hall–Kier alpha value is -2.85. The molecule has 0 aromatic heterocycles. The van der Waals surface area contributed by atoms with Crippen LogP contribution >= 0.6 is 11.6 Å². The summed E-state index contributed by atoms with van der Waals surface area (Å²) in [5.41, 5.74) is 6.89. The number of aryl methyl sites for hydroxylation is 2. The quantitative estimate of drug-likeness (QED) is 0.107. The van der Waals surface area contributed by atoms with Gasteiger partial charge in [0.25, 0.3) is 5.91 Å². The molecule has 1 aromatic rings. The highest BCUT2D eigenvalue weighted by molar-refractivity contribution is 6.30. The molecule has 2 aliphatic rings. The molecule has 1 unspecified atom stereocenters. The average Bonchev–Trinajstić information content (AvgIpc) is 3.17. The van der Waals surface area contributed by atoms with Crippen LogP contribution in [0.2, 0.25) is 5.02 Å². The number of benzene rings is 1. The van der Waals surface area contributed by atoms with E-state index >= 15 is 0 Å². The molecule has 0 aliphatic heterocycles. The first-order valence-corrected chi connectivity index (χ1v) is 17.4. The van der Waals surface area contributed by atoms with Gasteiger partial charge in [-0.1, -0.05) is 140 Å². The summed E-state index contributed by atoms with van der Waals surface area (Å²) in [5.74, 6) is -0.329. The van der Waals surface area contributed by atoms with E-state index in [1.54, 1.807) is 24.3 Å². The second-order valence-electron chi connectivity index (χ2n) is 12.7. The maximum atomic E-state index is 13.7. The predicted octanol–water partition coefficient (Wildman–Crippen LogP) is 11.9. The molecular weight excluding hydrogens is 566 g/mol. The zero-order valence-corrected chi connectivity index (χ0v) is 28.5. The van der Waals surface area contributed by atoms with E-state index in [9.17, 15) is 9.59 Å². The smallest absolute Gasteiger partial charge is 0.306 e. The molecule has 0 spiro atoms. The van der Waals surface area contributed by atoms with Gasteiger partial charge in [-0.2, -0.15) is 0 Å². The molecule has 5 heteroatoms. The Morgan fingerprint density at radius 2 is 1.27 bits per heavy atom. The number of anilines is 1. The number of carbonyl (C=O) groups excluding carboxylic acids is 2. The largest absolute Gasteiger partial charge is 0.447 e. The van der Waals surface area contributed by atoms with Gasteiger partial charge in [0.05, 0.1) is 0 Å². The third-order valence-corrected chi connectivity index (χ3v) is 8.88. The van der Waals surface area contributed by atoms with Gasteiger partial charge in [0, 0.05) is 28.3 Å². The molecule has 1 aromatic carbocycles. The Kier molecular flexibility index (Phi) is 15.3. The van der Waals surface area contributed by atoms with Crippen molar-refractivity contribution in [2.75, 3.05) is 5.32 Å². The highest BCUT2D eigenvalue weighted by atomic mass is 35.5. The topological polar surface area (TPSA) is 55.4 Å². The van der Waals surface area contributed by atoms with E-state index in [0.29, 0.717) is 22.9 Å². The summed E-state index contributed by atoms with van der Waals surface area (Å²) in [6, 6.07) is 15.4. The fourth-order valence-electron chi connectivity index (χ4n) is 5.88. The fraction of sp³-hybridized carbons (Fsp3) is 0.538. The third-order valence-electron chi connectivity index (χ3n) is 8.62. The lowest BCUT2D eigenvalue weighted by atomic mass is 10.0. The summed E-state index contributed by atoms with van der Waals surface area (Å²) >= 11 is 6.12. The Bertz CT molecular complexity index is 1280. The van der Waals surface area contributed by atoms with E-state index in [4.69, 9.17) is 16.3 Å². The van der Waals surface area contributed by atoms with Gasteiger partial charge in [0.1, 0.15) is 0 Å². The Balaban J connectivity index is 1.54. The van der Waals surface area contributed by atoms with Crippen molar-refractivity contribution in [3.63, 3.8) is 0 Å². The fourth-order valence-corrected chi connectivity index (χ4v) is 6.01. The number of unbranched alkanes of at least 4 members (excludes halogenated alkanes) is 12. The maximum absolute atomic E-state index is 13.7. The second kappa shape index (κ2) is 18.8. The van der Waals surface area contributed by atoms with Crippen LogP contribution in [0.1, 0.15) is 145 Å². The van der Waals surface area contributed by atoms with Crippen molar-refractivity contribution in [2.45, 2.75) is 137 Å². The number of amides is 1. The van der Waals surface area contributed by atoms with Gasteiger partial charge in [-0.3, -0.25) is 9.59 Å². The van der Waals surface area contributed by atoms with E-state index in [1.165, 1.54) is 69.8 Å². The monoisotopic (exact) mass is 619 g/mol. The molecule has 44 heavy (non-hydrogen) atoms. The first kappa shape index (κ1) is 35.6. The lowest BCUT2D eigenvalue weighted by Gasteiger charge is -2.19. The Labute approximate surface area is 271 Å². The molecule has 2 aliphatic carbocycles. The number of halogens is 1. The number of carbonyl (C=O) groups is 2. The molecule has 0 saturated heterocycles. The molecule has 0 bridgehead atoms. The maximum Gasteiger partial charge on any atom is 0.306 e. The van der Waals surface area contributed by atoms with E-state index < -0.39 is 6.10 Å². The van der Waals surface area contributed by atoms with Crippen LogP contribution in [0.15, 0.2) is 48.5 Å². The summed E-state index contributed by atoms with van der Waals surface area (Å²) in [4.78, 5) is 26.7. The van der Waals surface area contributed by atoms with Gasteiger partial charge in [0.15, 0.2) is 0 Å². The lowest BCUT2D eigenvalue weighted by Crippen LogP contribution is -2.26. The number of fused-ring (bicyclic) bond motifs is 1. The van der Waals surface area contributed by atoms with Crippen LogP contribution in [0.4, 0.5) is 5.69 Å². The Morgan fingerprint density at radius 1 is 0.727 bits per heavy atom. The number of rotatable bonds is 19. The number of hydrogen-bond donors (Lipinski definition) is 1. The normalized spacial score (nSPS) is 12.1. The zero-order valence-electron chi connectivity index (χ0n) is 27.8. The van der Waals surface area contributed by atoms with Crippen molar-refractivity contribution in [1.29, 1.82) is 0 Å². The third kappa shape index (κ3) is 11.3. The van der Waals surface area contributed by atoms with Gasteiger partial charge < -0.3 is 10.1 Å². The number of hydrogen-bond acceptors (Lipinski definition) is 3. The minimum Gasteiger partial charge on any atom is -0.447 e. The van der Waals surface area contributed by atoms with Gasteiger partial charge >= 0.3 is 5.97 Å². The Morgan fingerprint density at radius 3 is 1.84 bits per heavy atom. The summed E-state index contributed by atoms with van der Waals surface area (Å²) in [6.45, 7) is 10.7. The molecule has 1 amide bonds. The molecule has 1 N–H and O–H groups in total. The average molecular weight is 620 g/mol. The molecule has 0 heterocycles. The molecule has 0 radical (unpaired) electrons. The van der Waals surface area contributed by atoms with E-state index in [2.05, 4.69) is 58.1 Å². The highest BCUT2D eigenvalue weighted by Gasteiger charge is 2.27. The van der Waals surface area contributed by atoms with Crippen LogP contribution in [0.25, 0.3) is 11.1 Å². The van der Waals surface area contributed by atoms with E-state index in [-0.39, 0.29) is 11.9 Å². The van der Waals surface area contributed by atoms with Crippen LogP contribution in [0.3, 0.4) is 0 Å². The highest BCUT2D eigenvalue weighted by Crippen LogP contribution is 2.40. The molecular formula is C39H54ClNO3. The van der Waals surface area contributed by atoms with Crippen LogP contribution < -0.4 is 5.32 Å². The van der Waals surface area contributed by atoms with Crippen LogP contribution in [-0.4, -0.2) is 11.9 Å². The van der Waals surface area contributed by atoms with Crippen molar-refractivity contribution >= 4 is 29.2 Å². The first-order valence-electron chi connectivity index (χ1n) is 17.0.